The van der Waals surface area contributed by atoms with Crippen LogP contribution in [0.15, 0.2) is 36.9 Å². The molecule has 0 radical (unpaired) electrons. The summed E-state index contributed by atoms with van der Waals surface area (Å²) in [6, 6.07) is 8.51. The predicted octanol–water partition coefficient (Wildman–Crippen LogP) is 3.68. The number of rotatable bonds is 4. The van der Waals surface area contributed by atoms with Gasteiger partial charge in [0.2, 0.25) is 0 Å². The molecule has 0 aliphatic heterocycles. The van der Waals surface area contributed by atoms with Gasteiger partial charge in [-0.3, -0.25) is 0 Å². The molecule has 1 aromatic carbocycles. The van der Waals surface area contributed by atoms with E-state index in [2.05, 4.69) is 53.4 Å². The van der Waals surface area contributed by atoms with Crippen molar-refractivity contribution in [2.45, 2.75) is 18.9 Å². The van der Waals surface area contributed by atoms with E-state index in [1.807, 2.05) is 6.08 Å². The first kappa shape index (κ1) is 13.9. The Balaban J connectivity index is 0.00000169. The standard InChI is InChI=1S/C11H14IN.ClH/c1-2-3-4-11(13)9-5-7-10(12)8-6-9;/h2,5-8,11H,1,3-4,13H2;1H/t11-;/m1./s1. The van der Waals surface area contributed by atoms with Gasteiger partial charge in [0.1, 0.15) is 0 Å². The quantitative estimate of drug-likeness (QED) is 0.664. The zero-order chi connectivity index (χ0) is 9.68. The van der Waals surface area contributed by atoms with Crippen molar-refractivity contribution in [1.82, 2.24) is 0 Å². The second kappa shape index (κ2) is 7.26. The van der Waals surface area contributed by atoms with Gasteiger partial charge >= 0.3 is 0 Å². The molecule has 1 rings (SSSR count). The molecule has 0 saturated heterocycles. The highest BCUT2D eigenvalue weighted by Gasteiger charge is 2.03. The summed E-state index contributed by atoms with van der Waals surface area (Å²) >= 11 is 2.29. The number of hydrogen-bond donors (Lipinski definition) is 1. The summed E-state index contributed by atoms with van der Waals surface area (Å²) in [5, 5.41) is 0. The molecular formula is C11H15ClIN. The number of hydrogen-bond acceptors (Lipinski definition) is 1. The SMILES string of the molecule is C=CCC[C@@H](N)c1ccc(I)cc1.Cl. The molecule has 1 atom stereocenters. The van der Waals surface area contributed by atoms with Gasteiger partial charge in [-0.1, -0.05) is 18.2 Å². The molecular weight excluding hydrogens is 308 g/mol. The van der Waals surface area contributed by atoms with E-state index >= 15 is 0 Å². The van der Waals surface area contributed by atoms with E-state index in [0.717, 1.165) is 12.8 Å². The first-order chi connectivity index (χ1) is 6.24. The first-order valence-electron chi connectivity index (χ1n) is 4.36. The van der Waals surface area contributed by atoms with Crippen LogP contribution >= 0.6 is 35.0 Å². The maximum atomic E-state index is 5.98. The number of nitrogens with two attached hydrogens (primary N) is 1. The molecule has 0 aromatic heterocycles. The number of benzene rings is 1. The van der Waals surface area contributed by atoms with Crippen molar-refractivity contribution >= 4 is 35.0 Å². The Hall–Kier alpha value is -0.0600. The number of halogens is 2. The molecule has 0 aliphatic rings. The lowest BCUT2D eigenvalue weighted by Gasteiger charge is -2.10. The summed E-state index contributed by atoms with van der Waals surface area (Å²) in [4.78, 5) is 0. The summed E-state index contributed by atoms with van der Waals surface area (Å²) in [6.45, 7) is 3.68. The first-order valence-corrected chi connectivity index (χ1v) is 5.44. The van der Waals surface area contributed by atoms with Crippen LogP contribution in [0.5, 0.6) is 0 Å². The van der Waals surface area contributed by atoms with Gasteiger partial charge in [-0.15, -0.1) is 19.0 Å². The largest absolute Gasteiger partial charge is 0.324 e. The van der Waals surface area contributed by atoms with Crippen LogP contribution < -0.4 is 5.73 Å². The van der Waals surface area contributed by atoms with Gasteiger partial charge in [0, 0.05) is 9.61 Å². The van der Waals surface area contributed by atoms with Crippen LogP contribution in [-0.2, 0) is 0 Å². The molecule has 0 bridgehead atoms. The predicted molar refractivity (Wildman–Crippen MR) is 72.8 cm³/mol. The molecule has 14 heavy (non-hydrogen) atoms. The third-order valence-electron chi connectivity index (χ3n) is 1.98. The van der Waals surface area contributed by atoms with Gasteiger partial charge in [-0.05, 0) is 53.1 Å². The Morgan fingerprint density at radius 3 is 2.43 bits per heavy atom. The van der Waals surface area contributed by atoms with Crippen LogP contribution in [0.4, 0.5) is 0 Å². The second-order valence-electron chi connectivity index (χ2n) is 3.02. The summed E-state index contributed by atoms with van der Waals surface area (Å²) in [5.41, 5.74) is 7.19. The molecule has 1 nitrogen and oxygen atoms in total. The lowest BCUT2D eigenvalue weighted by atomic mass is 10.0. The van der Waals surface area contributed by atoms with Crippen LogP contribution in [-0.4, -0.2) is 0 Å². The minimum Gasteiger partial charge on any atom is -0.324 e. The van der Waals surface area contributed by atoms with Crippen molar-refractivity contribution < 1.29 is 0 Å². The van der Waals surface area contributed by atoms with E-state index in [9.17, 15) is 0 Å². The van der Waals surface area contributed by atoms with Crippen molar-refractivity contribution in [3.63, 3.8) is 0 Å². The smallest absolute Gasteiger partial charge is 0.0297 e. The zero-order valence-corrected chi connectivity index (χ0v) is 10.9. The van der Waals surface area contributed by atoms with Crippen molar-refractivity contribution in [3.05, 3.63) is 46.1 Å². The van der Waals surface area contributed by atoms with Crippen LogP contribution in [0.3, 0.4) is 0 Å². The molecule has 0 spiro atoms. The van der Waals surface area contributed by atoms with Crippen LogP contribution in [0, 0.1) is 3.57 Å². The van der Waals surface area contributed by atoms with Gasteiger partial charge in [-0.25, -0.2) is 0 Å². The molecule has 1 aromatic rings. The summed E-state index contributed by atoms with van der Waals surface area (Å²) < 4.78 is 1.25. The van der Waals surface area contributed by atoms with Crippen LogP contribution in [0.25, 0.3) is 0 Å². The average Bonchev–Trinajstić information content (AvgIpc) is 2.15. The Morgan fingerprint density at radius 2 is 1.93 bits per heavy atom. The van der Waals surface area contributed by atoms with E-state index in [1.54, 1.807) is 0 Å². The van der Waals surface area contributed by atoms with E-state index in [1.165, 1.54) is 9.13 Å². The highest BCUT2D eigenvalue weighted by Crippen LogP contribution is 2.17. The molecule has 0 unspecified atom stereocenters. The summed E-state index contributed by atoms with van der Waals surface area (Å²) in [7, 11) is 0. The lowest BCUT2D eigenvalue weighted by molar-refractivity contribution is 0.661. The summed E-state index contributed by atoms with van der Waals surface area (Å²) in [5.74, 6) is 0. The van der Waals surface area contributed by atoms with Gasteiger partial charge in [0.25, 0.3) is 0 Å². The molecule has 2 N–H and O–H groups in total. The van der Waals surface area contributed by atoms with Gasteiger partial charge in [0.15, 0.2) is 0 Å². The highest BCUT2D eigenvalue weighted by atomic mass is 127. The van der Waals surface area contributed by atoms with Gasteiger partial charge < -0.3 is 5.73 Å². The van der Waals surface area contributed by atoms with Crippen LogP contribution in [0.2, 0.25) is 0 Å². The van der Waals surface area contributed by atoms with E-state index in [0.29, 0.717) is 0 Å². The third-order valence-corrected chi connectivity index (χ3v) is 2.70. The molecule has 0 heterocycles. The minimum atomic E-state index is 0. The third kappa shape index (κ3) is 4.44. The fourth-order valence-corrected chi connectivity index (χ4v) is 1.53. The second-order valence-corrected chi connectivity index (χ2v) is 4.27. The Kier molecular flexibility index (Phi) is 7.23. The fraction of sp³-hybridized carbons (Fsp3) is 0.273. The minimum absolute atomic E-state index is 0. The molecule has 78 valence electrons. The normalized spacial score (nSPS) is 11.6. The monoisotopic (exact) mass is 323 g/mol. The topological polar surface area (TPSA) is 26.0 Å². The van der Waals surface area contributed by atoms with E-state index < -0.39 is 0 Å². The Morgan fingerprint density at radius 1 is 1.36 bits per heavy atom. The maximum Gasteiger partial charge on any atom is 0.0297 e. The van der Waals surface area contributed by atoms with Crippen molar-refractivity contribution in [2.24, 2.45) is 5.73 Å². The highest BCUT2D eigenvalue weighted by molar-refractivity contribution is 14.1. The molecule has 0 aliphatic carbocycles. The van der Waals surface area contributed by atoms with E-state index in [-0.39, 0.29) is 18.4 Å². The van der Waals surface area contributed by atoms with Crippen molar-refractivity contribution in [1.29, 1.82) is 0 Å². The molecule has 0 saturated carbocycles. The van der Waals surface area contributed by atoms with Crippen LogP contribution in [0.1, 0.15) is 24.4 Å². The molecule has 3 heteroatoms. The average molecular weight is 324 g/mol. The lowest BCUT2D eigenvalue weighted by Crippen LogP contribution is -2.09. The fourth-order valence-electron chi connectivity index (χ4n) is 1.17. The maximum absolute atomic E-state index is 5.98. The van der Waals surface area contributed by atoms with Crippen molar-refractivity contribution in [2.75, 3.05) is 0 Å². The van der Waals surface area contributed by atoms with Crippen molar-refractivity contribution in [3.8, 4) is 0 Å². The molecule has 0 amide bonds. The Labute approximate surface area is 105 Å². The number of allylic oxidation sites excluding steroid dienone is 1. The Bertz CT molecular complexity index is 271. The van der Waals surface area contributed by atoms with E-state index in [4.69, 9.17) is 5.73 Å². The zero-order valence-electron chi connectivity index (χ0n) is 7.95. The molecule has 0 fully saturated rings. The summed E-state index contributed by atoms with van der Waals surface area (Å²) in [6.07, 6.45) is 3.86. The van der Waals surface area contributed by atoms with Gasteiger partial charge in [0.05, 0.1) is 0 Å². The van der Waals surface area contributed by atoms with Gasteiger partial charge in [-0.2, -0.15) is 0 Å².